The van der Waals surface area contributed by atoms with Gasteiger partial charge in [-0.25, -0.2) is 4.68 Å². The number of likely N-dealkylation sites (N-methyl/N-ethyl adjacent to an activating group) is 1. The van der Waals surface area contributed by atoms with Gasteiger partial charge in [0, 0.05) is 12.6 Å². The van der Waals surface area contributed by atoms with Gasteiger partial charge in [0.25, 0.3) is 0 Å². The van der Waals surface area contributed by atoms with Crippen molar-refractivity contribution >= 4 is 11.6 Å². The molecule has 1 heterocycles. The fourth-order valence-corrected chi connectivity index (χ4v) is 0.926. The van der Waals surface area contributed by atoms with Crippen molar-refractivity contribution in [2.24, 2.45) is 0 Å². The molecule has 68 valence electrons. The fourth-order valence-electron chi connectivity index (χ4n) is 0.926. The summed E-state index contributed by atoms with van der Waals surface area (Å²) in [5.74, 6) is 1.10. The minimum atomic E-state index is 0.478. The van der Waals surface area contributed by atoms with E-state index in [-0.39, 0.29) is 0 Å². The largest absolute Gasteiger partial charge is 0.384 e. The Morgan fingerprint density at radius 2 is 2.17 bits per heavy atom. The summed E-state index contributed by atoms with van der Waals surface area (Å²) in [5.41, 5.74) is 11.1. The van der Waals surface area contributed by atoms with Crippen molar-refractivity contribution in [2.75, 3.05) is 32.1 Å². The molecule has 0 aliphatic carbocycles. The quantitative estimate of drug-likeness (QED) is 0.646. The molecule has 0 saturated heterocycles. The highest BCUT2D eigenvalue weighted by molar-refractivity contribution is 5.41. The van der Waals surface area contributed by atoms with Gasteiger partial charge in [0.15, 0.2) is 0 Å². The molecule has 0 aliphatic heterocycles. The second kappa shape index (κ2) is 3.44. The van der Waals surface area contributed by atoms with E-state index in [9.17, 15) is 0 Å². The van der Waals surface area contributed by atoms with E-state index in [1.54, 1.807) is 10.7 Å². The SMILES string of the molecule is CN(C)CCn1nc(N)cc1N. The molecule has 0 aromatic carbocycles. The molecule has 1 aromatic heterocycles. The highest BCUT2D eigenvalue weighted by atomic mass is 15.3. The molecule has 0 fully saturated rings. The molecule has 12 heavy (non-hydrogen) atoms. The highest BCUT2D eigenvalue weighted by Crippen LogP contribution is 2.06. The predicted molar refractivity (Wildman–Crippen MR) is 49.6 cm³/mol. The molecule has 1 aromatic rings. The summed E-state index contributed by atoms with van der Waals surface area (Å²) in [5, 5.41) is 4.02. The van der Waals surface area contributed by atoms with Crippen LogP contribution < -0.4 is 11.5 Å². The number of nitrogen functional groups attached to an aromatic ring is 2. The van der Waals surface area contributed by atoms with Crippen LogP contribution in [0.3, 0.4) is 0 Å². The lowest BCUT2D eigenvalue weighted by Gasteiger charge is -2.09. The van der Waals surface area contributed by atoms with Crippen molar-refractivity contribution in [2.45, 2.75) is 6.54 Å². The molecular formula is C7H15N5. The van der Waals surface area contributed by atoms with Gasteiger partial charge >= 0.3 is 0 Å². The Morgan fingerprint density at radius 3 is 2.58 bits per heavy atom. The van der Waals surface area contributed by atoms with Gasteiger partial charge in [-0.1, -0.05) is 0 Å². The fraction of sp³-hybridized carbons (Fsp3) is 0.571. The monoisotopic (exact) mass is 169 g/mol. The van der Waals surface area contributed by atoms with Crippen LogP contribution in [0.25, 0.3) is 0 Å². The van der Waals surface area contributed by atoms with Crippen molar-refractivity contribution in [3.63, 3.8) is 0 Å². The first-order valence-corrected chi connectivity index (χ1v) is 3.83. The van der Waals surface area contributed by atoms with Crippen molar-refractivity contribution in [1.82, 2.24) is 14.7 Å². The van der Waals surface area contributed by atoms with Crippen LogP contribution in [-0.4, -0.2) is 35.3 Å². The zero-order chi connectivity index (χ0) is 9.14. The third-order valence-corrected chi connectivity index (χ3v) is 1.59. The molecule has 0 bridgehead atoms. The topological polar surface area (TPSA) is 73.1 Å². The zero-order valence-corrected chi connectivity index (χ0v) is 7.49. The molecule has 0 unspecified atom stereocenters. The second-order valence-corrected chi connectivity index (χ2v) is 3.02. The highest BCUT2D eigenvalue weighted by Gasteiger charge is 2.01. The molecular weight excluding hydrogens is 154 g/mol. The maximum Gasteiger partial charge on any atom is 0.147 e. The lowest BCUT2D eigenvalue weighted by molar-refractivity contribution is 0.375. The van der Waals surface area contributed by atoms with Crippen molar-refractivity contribution < 1.29 is 0 Å². The van der Waals surface area contributed by atoms with E-state index in [4.69, 9.17) is 11.5 Å². The van der Waals surface area contributed by atoms with Gasteiger partial charge in [-0.3, -0.25) is 0 Å². The number of nitrogens with two attached hydrogens (primary N) is 2. The van der Waals surface area contributed by atoms with Crippen LogP contribution in [0, 0.1) is 0 Å². The molecule has 0 saturated carbocycles. The summed E-state index contributed by atoms with van der Waals surface area (Å²) in [6.07, 6.45) is 0. The normalized spacial score (nSPS) is 10.9. The standard InChI is InChI=1S/C7H15N5/c1-11(2)3-4-12-7(9)5-6(8)10-12/h5H,3-4,9H2,1-2H3,(H2,8,10). The summed E-state index contributed by atoms with van der Waals surface area (Å²) in [7, 11) is 4.01. The number of anilines is 2. The number of rotatable bonds is 3. The Morgan fingerprint density at radius 1 is 1.50 bits per heavy atom. The number of hydrogen-bond donors (Lipinski definition) is 2. The molecule has 5 nitrogen and oxygen atoms in total. The van der Waals surface area contributed by atoms with Crippen LogP contribution in [0.4, 0.5) is 11.6 Å². The maximum atomic E-state index is 5.63. The maximum absolute atomic E-state index is 5.63. The number of hydrogen-bond acceptors (Lipinski definition) is 4. The predicted octanol–water partition coefficient (Wildman–Crippen LogP) is -0.391. The summed E-state index contributed by atoms with van der Waals surface area (Å²) in [4.78, 5) is 2.07. The van der Waals surface area contributed by atoms with E-state index in [0.29, 0.717) is 11.6 Å². The third kappa shape index (κ3) is 2.13. The van der Waals surface area contributed by atoms with Crippen molar-refractivity contribution in [3.8, 4) is 0 Å². The Kier molecular flexibility index (Phi) is 2.54. The Labute approximate surface area is 71.9 Å². The minimum absolute atomic E-state index is 0.478. The van der Waals surface area contributed by atoms with Gasteiger partial charge in [0.05, 0.1) is 6.54 Å². The van der Waals surface area contributed by atoms with Crippen LogP contribution in [-0.2, 0) is 6.54 Å². The van der Waals surface area contributed by atoms with Crippen molar-refractivity contribution in [3.05, 3.63) is 6.07 Å². The average molecular weight is 169 g/mol. The van der Waals surface area contributed by atoms with E-state index in [1.807, 2.05) is 14.1 Å². The summed E-state index contributed by atoms with van der Waals surface area (Å²) in [6, 6.07) is 1.66. The van der Waals surface area contributed by atoms with Crippen LogP contribution in [0.1, 0.15) is 0 Å². The van der Waals surface area contributed by atoms with Gasteiger partial charge in [0.2, 0.25) is 0 Å². The van der Waals surface area contributed by atoms with E-state index >= 15 is 0 Å². The van der Waals surface area contributed by atoms with Gasteiger partial charge < -0.3 is 16.4 Å². The van der Waals surface area contributed by atoms with Crippen LogP contribution in [0.2, 0.25) is 0 Å². The third-order valence-electron chi connectivity index (χ3n) is 1.59. The van der Waals surface area contributed by atoms with E-state index in [0.717, 1.165) is 13.1 Å². The van der Waals surface area contributed by atoms with Crippen LogP contribution >= 0.6 is 0 Å². The lowest BCUT2D eigenvalue weighted by atomic mass is 10.5. The van der Waals surface area contributed by atoms with E-state index in [1.165, 1.54) is 0 Å². The minimum Gasteiger partial charge on any atom is -0.384 e. The lowest BCUT2D eigenvalue weighted by Crippen LogP contribution is -2.19. The second-order valence-electron chi connectivity index (χ2n) is 3.02. The van der Waals surface area contributed by atoms with Gasteiger partial charge in [-0.15, -0.1) is 0 Å². The summed E-state index contributed by atoms with van der Waals surface area (Å²) in [6.45, 7) is 1.68. The zero-order valence-electron chi connectivity index (χ0n) is 7.49. The first-order valence-electron chi connectivity index (χ1n) is 3.83. The van der Waals surface area contributed by atoms with E-state index < -0.39 is 0 Å². The number of nitrogens with zero attached hydrogens (tertiary/aromatic N) is 3. The van der Waals surface area contributed by atoms with Crippen LogP contribution in [0.15, 0.2) is 6.07 Å². The first-order chi connectivity index (χ1) is 5.59. The average Bonchev–Trinajstić information content (AvgIpc) is 2.26. The molecule has 5 heteroatoms. The Bertz CT molecular complexity index is 252. The summed E-state index contributed by atoms with van der Waals surface area (Å²) >= 11 is 0. The molecule has 0 radical (unpaired) electrons. The molecule has 1 rings (SSSR count). The van der Waals surface area contributed by atoms with Crippen molar-refractivity contribution in [1.29, 1.82) is 0 Å². The molecule has 0 amide bonds. The smallest absolute Gasteiger partial charge is 0.147 e. The molecule has 0 aliphatic rings. The van der Waals surface area contributed by atoms with E-state index in [2.05, 4.69) is 10.00 Å². The molecule has 0 atom stereocenters. The van der Waals surface area contributed by atoms with Gasteiger partial charge in [-0.2, -0.15) is 5.10 Å². The Balaban J connectivity index is 2.57. The molecule has 4 N–H and O–H groups in total. The van der Waals surface area contributed by atoms with Crippen LogP contribution in [0.5, 0.6) is 0 Å². The summed E-state index contributed by atoms with van der Waals surface area (Å²) < 4.78 is 1.70. The first kappa shape index (κ1) is 8.86. The molecule has 0 spiro atoms. The Hall–Kier alpha value is -1.23. The van der Waals surface area contributed by atoms with Gasteiger partial charge in [0.1, 0.15) is 11.6 Å². The van der Waals surface area contributed by atoms with Gasteiger partial charge in [-0.05, 0) is 14.1 Å². The number of aromatic nitrogens is 2.